The second-order valence-electron chi connectivity index (χ2n) is 6.71. The fourth-order valence-electron chi connectivity index (χ4n) is 3.04. The van der Waals surface area contributed by atoms with E-state index in [1.165, 1.54) is 5.69 Å². The van der Waals surface area contributed by atoms with Gasteiger partial charge in [0.15, 0.2) is 0 Å². The van der Waals surface area contributed by atoms with E-state index in [0.29, 0.717) is 5.56 Å². The van der Waals surface area contributed by atoms with Crippen molar-refractivity contribution in [3.63, 3.8) is 0 Å². The average molecular weight is 354 g/mol. The fraction of sp³-hybridized carbons (Fsp3) is 0.400. The number of piperazine rings is 1. The number of ether oxygens (including phenoxy) is 1. The van der Waals surface area contributed by atoms with E-state index in [1.807, 2.05) is 38.1 Å². The van der Waals surface area contributed by atoms with Crippen molar-refractivity contribution >= 4 is 17.4 Å². The van der Waals surface area contributed by atoms with Crippen molar-refractivity contribution in [2.24, 2.45) is 0 Å². The van der Waals surface area contributed by atoms with Crippen LogP contribution in [-0.4, -0.2) is 50.2 Å². The lowest BCUT2D eigenvalue weighted by molar-refractivity contribution is 0.0943. The second kappa shape index (κ2) is 8.08. The first kappa shape index (κ1) is 18.0. The summed E-state index contributed by atoms with van der Waals surface area (Å²) in [6.45, 7) is 7.56. The Balaban J connectivity index is 1.58. The van der Waals surface area contributed by atoms with E-state index < -0.39 is 0 Å². The Morgan fingerprint density at radius 2 is 1.69 bits per heavy atom. The molecule has 3 rings (SSSR count). The van der Waals surface area contributed by atoms with Crippen molar-refractivity contribution in [2.75, 3.05) is 43.1 Å². The molecule has 0 bridgehead atoms. The molecule has 2 aromatic rings. The summed E-state index contributed by atoms with van der Waals surface area (Å²) in [7, 11) is 1.68. The minimum Gasteiger partial charge on any atom is -0.497 e. The van der Waals surface area contributed by atoms with Crippen molar-refractivity contribution in [3.8, 4) is 5.75 Å². The minimum atomic E-state index is -0.0802. The molecule has 0 aliphatic carbocycles. The Morgan fingerprint density at radius 3 is 2.23 bits per heavy atom. The molecule has 1 aromatic carbocycles. The van der Waals surface area contributed by atoms with Crippen LogP contribution < -0.4 is 19.9 Å². The molecule has 1 saturated heterocycles. The first-order valence-corrected chi connectivity index (χ1v) is 8.97. The van der Waals surface area contributed by atoms with E-state index in [0.717, 1.165) is 37.7 Å². The van der Waals surface area contributed by atoms with Crippen molar-refractivity contribution in [1.29, 1.82) is 0 Å². The Morgan fingerprint density at radius 1 is 1.04 bits per heavy atom. The maximum absolute atomic E-state index is 12.0. The van der Waals surface area contributed by atoms with Gasteiger partial charge < -0.3 is 19.9 Å². The maximum Gasteiger partial charge on any atom is 0.253 e. The third-order valence-corrected chi connectivity index (χ3v) is 4.47. The van der Waals surface area contributed by atoms with E-state index in [9.17, 15) is 4.79 Å². The van der Waals surface area contributed by atoms with Gasteiger partial charge in [-0.3, -0.25) is 4.79 Å². The molecule has 0 atom stereocenters. The van der Waals surface area contributed by atoms with E-state index >= 15 is 0 Å². The van der Waals surface area contributed by atoms with Crippen molar-refractivity contribution in [2.45, 2.75) is 19.9 Å². The molecule has 0 spiro atoms. The number of rotatable bonds is 5. The topological polar surface area (TPSA) is 57.7 Å². The maximum atomic E-state index is 12.0. The Hall–Kier alpha value is -2.76. The largest absolute Gasteiger partial charge is 0.497 e. The van der Waals surface area contributed by atoms with Crippen molar-refractivity contribution in [3.05, 3.63) is 48.2 Å². The standard InChI is InChI=1S/C20H26N4O2/c1-15(2)22-20(25)16-4-9-19(21-14-16)24-12-10-23(11-13-24)17-5-7-18(26-3)8-6-17/h4-9,14-15H,10-13H2,1-3H3,(H,22,25). The molecular weight excluding hydrogens is 328 g/mol. The van der Waals surface area contributed by atoms with Gasteiger partial charge in [0.1, 0.15) is 11.6 Å². The quantitative estimate of drug-likeness (QED) is 0.894. The van der Waals surface area contributed by atoms with E-state index in [-0.39, 0.29) is 11.9 Å². The van der Waals surface area contributed by atoms with Gasteiger partial charge >= 0.3 is 0 Å². The summed E-state index contributed by atoms with van der Waals surface area (Å²) in [6.07, 6.45) is 1.66. The van der Waals surface area contributed by atoms with Gasteiger partial charge in [0.05, 0.1) is 12.7 Å². The molecule has 1 aromatic heterocycles. The predicted octanol–water partition coefficient (Wildman–Crippen LogP) is 2.56. The summed E-state index contributed by atoms with van der Waals surface area (Å²) < 4.78 is 5.22. The summed E-state index contributed by atoms with van der Waals surface area (Å²) in [5, 5.41) is 2.88. The molecule has 6 heteroatoms. The number of pyridine rings is 1. The summed E-state index contributed by atoms with van der Waals surface area (Å²) in [5.41, 5.74) is 1.80. The highest BCUT2D eigenvalue weighted by atomic mass is 16.5. The van der Waals surface area contributed by atoms with Crippen LogP contribution in [0.4, 0.5) is 11.5 Å². The normalized spacial score (nSPS) is 14.5. The Kier molecular flexibility index (Phi) is 5.61. The second-order valence-corrected chi connectivity index (χ2v) is 6.71. The highest BCUT2D eigenvalue weighted by Gasteiger charge is 2.19. The molecule has 6 nitrogen and oxygen atoms in total. The number of nitrogens with one attached hydrogen (secondary N) is 1. The monoisotopic (exact) mass is 354 g/mol. The smallest absolute Gasteiger partial charge is 0.253 e. The molecule has 1 aliphatic rings. The number of hydrogen-bond acceptors (Lipinski definition) is 5. The number of anilines is 2. The van der Waals surface area contributed by atoms with Gasteiger partial charge in [-0.15, -0.1) is 0 Å². The lowest BCUT2D eigenvalue weighted by atomic mass is 10.2. The number of hydrogen-bond donors (Lipinski definition) is 1. The lowest BCUT2D eigenvalue weighted by Gasteiger charge is -2.36. The van der Waals surface area contributed by atoms with Crippen LogP contribution in [0.25, 0.3) is 0 Å². The number of carbonyl (C=O) groups is 1. The van der Waals surface area contributed by atoms with Gasteiger partial charge in [0.2, 0.25) is 0 Å². The van der Waals surface area contributed by atoms with Crippen LogP contribution >= 0.6 is 0 Å². The molecule has 138 valence electrons. The molecule has 0 saturated carbocycles. The molecule has 2 heterocycles. The number of aromatic nitrogens is 1. The third-order valence-electron chi connectivity index (χ3n) is 4.47. The zero-order chi connectivity index (χ0) is 18.5. The van der Waals surface area contributed by atoms with Crippen LogP contribution in [0.1, 0.15) is 24.2 Å². The number of benzene rings is 1. The van der Waals surface area contributed by atoms with E-state index in [1.54, 1.807) is 13.3 Å². The number of carbonyl (C=O) groups excluding carboxylic acids is 1. The molecule has 1 N–H and O–H groups in total. The minimum absolute atomic E-state index is 0.0802. The van der Waals surface area contributed by atoms with E-state index in [2.05, 4.69) is 32.2 Å². The summed E-state index contributed by atoms with van der Waals surface area (Å²) in [6, 6.07) is 12.1. The Bertz CT molecular complexity index is 720. The SMILES string of the molecule is COc1ccc(N2CCN(c3ccc(C(=O)NC(C)C)cn3)CC2)cc1. The zero-order valence-electron chi connectivity index (χ0n) is 15.6. The first-order valence-electron chi connectivity index (χ1n) is 8.97. The van der Waals surface area contributed by atoms with Crippen LogP contribution in [0.2, 0.25) is 0 Å². The van der Waals surface area contributed by atoms with E-state index in [4.69, 9.17) is 4.74 Å². The van der Waals surface area contributed by atoms with Gasteiger partial charge in [-0.25, -0.2) is 4.98 Å². The lowest BCUT2D eigenvalue weighted by Crippen LogP contribution is -2.46. The average Bonchev–Trinajstić information content (AvgIpc) is 2.68. The molecule has 0 unspecified atom stereocenters. The third kappa shape index (κ3) is 4.25. The van der Waals surface area contributed by atoms with Crippen LogP contribution in [-0.2, 0) is 0 Å². The highest BCUT2D eigenvalue weighted by molar-refractivity contribution is 5.94. The van der Waals surface area contributed by atoms with Gasteiger partial charge in [-0.2, -0.15) is 0 Å². The van der Waals surface area contributed by atoms with Crippen LogP contribution in [0.3, 0.4) is 0 Å². The fourth-order valence-corrected chi connectivity index (χ4v) is 3.04. The van der Waals surface area contributed by atoms with Gasteiger partial charge in [-0.05, 0) is 50.2 Å². The zero-order valence-corrected chi connectivity index (χ0v) is 15.6. The number of nitrogens with zero attached hydrogens (tertiary/aromatic N) is 3. The highest BCUT2D eigenvalue weighted by Crippen LogP contribution is 2.22. The van der Waals surface area contributed by atoms with Crippen molar-refractivity contribution < 1.29 is 9.53 Å². The van der Waals surface area contributed by atoms with Gasteiger partial charge in [0.25, 0.3) is 5.91 Å². The number of amides is 1. The molecule has 1 amide bonds. The van der Waals surface area contributed by atoms with Crippen LogP contribution in [0, 0.1) is 0 Å². The molecule has 1 fully saturated rings. The van der Waals surface area contributed by atoms with Crippen molar-refractivity contribution in [1.82, 2.24) is 10.3 Å². The number of methoxy groups -OCH3 is 1. The first-order chi connectivity index (χ1) is 12.6. The molecule has 0 radical (unpaired) electrons. The molecular formula is C20H26N4O2. The van der Waals surface area contributed by atoms with Gasteiger partial charge in [0, 0.05) is 44.1 Å². The molecule has 26 heavy (non-hydrogen) atoms. The van der Waals surface area contributed by atoms with Crippen LogP contribution in [0.15, 0.2) is 42.6 Å². The summed E-state index contributed by atoms with van der Waals surface area (Å²) in [4.78, 5) is 21.1. The summed E-state index contributed by atoms with van der Waals surface area (Å²) in [5.74, 6) is 1.71. The Labute approximate surface area is 154 Å². The summed E-state index contributed by atoms with van der Waals surface area (Å²) >= 11 is 0. The molecule has 1 aliphatic heterocycles. The van der Waals surface area contributed by atoms with Gasteiger partial charge in [-0.1, -0.05) is 0 Å². The predicted molar refractivity (Wildman–Crippen MR) is 104 cm³/mol. The van der Waals surface area contributed by atoms with Crippen LogP contribution in [0.5, 0.6) is 5.75 Å².